The topological polar surface area (TPSA) is 20.2 Å². The number of allylic oxidation sites excluding steroid dienone is 1. The van der Waals surface area contributed by atoms with E-state index in [4.69, 9.17) is 0 Å². The number of aliphatic hydroxyl groups excluding tert-OH is 1. The van der Waals surface area contributed by atoms with Crippen LogP contribution in [-0.2, 0) is 0 Å². The molecule has 0 bridgehead atoms. The first-order valence-electron chi connectivity index (χ1n) is 5.57. The van der Waals surface area contributed by atoms with Crippen LogP contribution in [0.2, 0.25) is 0 Å². The van der Waals surface area contributed by atoms with E-state index in [1.807, 2.05) is 0 Å². The Kier molecular flexibility index (Phi) is 4.51. The van der Waals surface area contributed by atoms with E-state index < -0.39 is 0 Å². The lowest BCUT2D eigenvalue weighted by Gasteiger charge is -2.16. The molecule has 1 atom stereocenters. The van der Waals surface area contributed by atoms with Crippen LogP contribution in [0.15, 0.2) is 11.6 Å². The Bertz CT molecular complexity index is 170. The van der Waals surface area contributed by atoms with Gasteiger partial charge in [-0.15, -0.1) is 0 Å². The summed E-state index contributed by atoms with van der Waals surface area (Å²) in [6.45, 7) is 4.33. The molecule has 1 unspecified atom stereocenters. The molecule has 13 heavy (non-hydrogen) atoms. The Balaban J connectivity index is 2.43. The van der Waals surface area contributed by atoms with Gasteiger partial charge >= 0.3 is 0 Å². The van der Waals surface area contributed by atoms with Crippen molar-refractivity contribution in [2.24, 2.45) is 5.92 Å². The molecular formula is C12H22O. The number of hydrogen-bond donors (Lipinski definition) is 1. The van der Waals surface area contributed by atoms with E-state index in [-0.39, 0.29) is 6.10 Å². The molecule has 1 heteroatoms. The molecule has 0 heterocycles. The summed E-state index contributed by atoms with van der Waals surface area (Å²) in [6.07, 6.45) is 9.20. The van der Waals surface area contributed by atoms with Crippen LogP contribution in [0, 0.1) is 5.92 Å². The third-order valence-electron chi connectivity index (χ3n) is 2.70. The van der Waals surface area contributed by atoms with Gasteiger partial charge < -0.3 is 5.11 Å². The highest BCUT2D eigenvalue weighted by Gasteiger charge is 2.13. The predicted molar refractivity (Wildman–Crippen MR) is 56.6 cm³/mol. The smallest absolute Gasteiger partial charge is 0.0752 e. The molecule has 0 aliphatic heterocycles. The second-order valence-electron chi connectivity index (χ2n) is 4.52. The van der Waals surface area contributed by atoms with Gasteiger partial charge in [0.25, 0.3) is 0 Å². The van der Waals surface area contributed by atoms with Gasteiger partial charge in [0.2, 0.25) is 0 Å². The predicted octanol–water partition coefficient (Wildman–Crippen LogP) is 3.28. The Hall–Kier alpha value is -0.300. The van der Waals surface area contributed by atoms with Crippen molar-refractivity contribution >= 4 is 0 Å². The van der Waals surface area contributed by atoms with E-state index in [0.717, 1.165) is 12.8 Å². The molecule has 0 aromatic heterocycles. The summed E-state index contributed by atoms with van der Waals surface area (Å²) >= 11 is 0. The van der Waals surface area contributed by atoms with Crippen molar-refractivity contribution in [2.75, 3.05) is 0 Å². The molecule has 1 rings (SSSR count). The SMILES string of the molecule is CC(C)CC(O)C1=CCCCCC1. The van der Waals surface area contributed by atoms with Crippen molar-refractivity contribution in [1.82, 2.24) is 0 Å². The van der Waals surface area contributed by atoms with E-state index in [2.05, 4.69) is 19.9 Å². The van der Waals surface area contributed by atoms with Crippen molar-refractivity contribution < 1.29 is 5.11 Å². The van der Waals surface area contributed by atoms with Crippen LogP contribution < -0.4 is 0 Å². The van der Waals surface area contributed by atoms with Gasteiger partial charge in [-0.05, 0) is 43.6 Å². The van der Waals surface area contributed by atoms with E-state index in [1.54, 1.807) is 0 Å². The van der Waals surface area contributed by atoms with Gasteiger partial charge in [-0.1, -0.05) is 26.3 Å². The number of aliphatic hydroxyl groups is 1. The molecule has 1 N–H and O–H groups in total. The quantitative estimate of drug-likeness (QED) is 0.664. The van der Waals surface area contributed by atoms with E-state index in [1.165, 1.54) is 31.3 Å². The lowest BCUT2D eigenvalue weighted by molar-refractivity contribution is 0.179. The van der Waals surface area contributed by atoms with Crippen LogP contribution in [-0.4, -0.2) is 11.2 Å². The monoisotopic (exact) mass is 182 g/mol. The minimum Gasteiger partial charge on any atom is -0.389 e. The van der Waals surface area contributed by atoms with Crippen molar-refractivity contribution in [3.63, 3.8) is 0 Å². The molecule has 0 aromatic rings. The normalized spacial score (nSPS) is 21.1. The van der Waals surface area contributed by atoms with Crippen molar-refractivity contribution in [3.05, 3.63) is 11.6 Å². The standard InChI is InChI=1S/C12H22O/c1-10(2)9-12(13)11-7-5-3-4-6-8-11/h7,10,12-13H,3-6,8-9H2,1-2H3. The molecule has 0 saturated heterocycles. The molecule has 0 amide bonds. The van der Waals surface area contributed by atoms with Gasteiger partial charge in [0, 0.05) is 0 Å². The summed E-state index contributed by atoms with van der Waals surface area (Å²) in [5, 5.41) is 9.90. The summed E-state index contributed by atoms with van der Waals surface area (Å²) in [7, 11) is 0. The van der Waals surface area contributed by atoms with Crippen molar-refractivity contribution in [3.8, 4) is 0 Å². The molecule has 0 radical (unpaired) electrons. The fourth-order valence-electron chi connectivity index (χ4n) is 1.94. The van der Waals surface area contributed by atoms with Crippen LogP contribution in [0.25, 0.3) is 0 Å². The Labute approximate surface area is 81.9 Å². The minimum atomic E-state index is -0.168. The van der Waals surface area contributed by atoms with Gasteiger partial charge in [-0.25, -0.2) is 0 Å². The highest BCUT2D eigenvalue weighted by Crippen LogP contribution is 2.22. The second kappa shape index (κ2) is 5.43. The first kappa shape index (κ1) is 10.8. The van der Waals surface area contributed by atoms with E-state index in [0.29, 0.717) is 5.92 Å². The molecule has 1 aliphatic rings. The van der Waals surface area contributed by atoms with Crippen LogP contribution in [0.3, 0.4) is 0 Å². The summed E-state index contributed by atoms with van der Waals surface area (Å²) < 4.78 is 0. The van der Waals surface area contributed by atoms with E-state index in [9.17, 15) is 5.11 Å². The molecular weight excluding hydrogens is 160 g/mol. The molecule has 1 nitrogen and oxygen atoms in total. The Morgan fingerprint density at radius 3 is 2.77 bits per heavy atom. The maximum absolute atomic E-state index is 9.90. The highest BCUT2D eigenvalue weighted by atomic mass is 16.3. The van der Waals surface area contributed by atoms with Gasteiger partial charge in [0.1, 0.15) is 0 Å². The summed E-state index contributed by atoms with van der Waals surface area (Å²) in [4.78, 5) is 0. The molecule has 0 saturated carbocycles. The average molecular weight is 182 g/mol. The molecule has 0 fully saturated rings. The van der Waals surface area contributed by atoms with Gasteiger partial charge in [-0.3, -0.25) is 0 Å². The van der Waals surface area contributed by atoms with Crippen molar-refractivity contribution in [2.45, 2.75) is 58.5 Å². The van der Waals surface area contributed by atoms with Crippen LogP contribution in [0.4, 0.5) is 0 Å². The van der Waals surface area contributed by atoms with Crippen LogP contribution >= 0.6 is 0 Å². The van der Waals surface area contributed by atoms with Crippen molar-refractivity contribution in [1.29, 1.82) is 0 Å². The first-order valence-corrected chi connectivity index (χ1v) is 5.57. The largest absolute Gasteiger partial charge is 0.389 e. The molecule has 1 aliphatic carbocycles. The molecule has 0 spiro atoms. The first-order chi connectivity index (χ1) is 6.20. The van der Waals surface area contributed by atoms with Gasteiger partial charge in [0.05, 0.1) is 6.10 Å². The summed E-state index contributed by atoms with van der Waals surface area (Å²) in [5.41, 5.74) is 1.30. The lowest BCUT2D eigenvalue weighted by Crippen LogP contribution is -2.13. The summed E-state index contributed by atoms with van der Waals surface area (Å²) in [5.74, 6) is 0.596. The fraction of sp³-hybridized carbons (Fsp3) is 0.833. The Morgan fingerprint density at radius 2 is 2.08 bits per heavy atom. The Morgan fingerprint density at radius 1 is 1.31 bits per heavy atom. The zero-order valence-electron chi connectivity index (χ0n) is 8.92. The van der Waals surface area contributed by atoms with Crippen LogP contribution in [0.5, 0.6) is 0 Å². The minimum absolute atomic E-state index is 0.168. The molecule has 0 aromatic carbocycles. The van der Waals surface area contributed by atoms with Gasteiger partial charge in [-0.2, -0.15) is 0 Å². The maximum Gasteiger partial charge on any atom is 0.0752 e. The highest BCUT2D eigenvalue weighted by molar-refractivity contribution is 5.09. The zero-order valence-corrected chi connectivity index (χ0v) is 8.92. The zero-order chi connectivity index (χ0) is 9.68. The number of rotatable bonds is 3. The van der Waals surface area contributed by atoms with E-state index >= 15 is 0 Å². The second-order valence-corrected chi connectivity index (χ2v) is 4.52. The average Bonchev–Trinajstić information content (AvgIpc) is 2.29. The van der Waals surface area contributed by atoms with Crippen LogP contribution in [0.1, 0.15) is 52.4 Å². The third-order valence-corrected chi connectivity index (χ3v) is 2.70. The van der Waals surface area contributed by atoms with Gasteiger partial charge in [0.15, 0.2) is 0 Å². The fourth-order valence-corrected chi connectivity index (χ4v) is 1.94. The number of hydrogen-bond acceptors (Lipinski definition) is 1. The lowest BCUT2D eigenvalue weighted by atomic mass is 9.96. The molecule has 76 valence electrons. The summed E-state index contributed by atoms with van der Waals surface area (Å²) in [6, 6.07) is 0. The third kappa shape index (κ3) is 3.95. The maximum atomic E-state index is 9.90.